The molecule has 3 aromatic rings. The number of likely N-dealkylation sites (N-methyl/N-ethyl adjacent to an activating group) is 1. The molecule has 0 aliphatic heterocycles. The van der Waals surface area contributed by atoms with E-state index in [-0.39, 0.29) is 44.7 Å². The highest BCUT2D eigenvalue weighted by Crippen LogP contribution is 2.42. The number of aliphatic carboxylic acids is 1. The Hall–Kier alpha value is -3.19. The zero-order valence-electron chi connectivity index (χ0n) is 23.8. The molecule has 0 unspecified atom stereocenters. The Kier molecular flexibility index (Phi) is 10.1. The predicted molar refractivity (Wildman–Crippen MR) is 150 cm³/mol. The number of nitrogens with zero attached hydrogens (tertiary/aromatic N) is 2. The summed E-state index contributed by atoms with van der Waals surface area (Å²) in [7, 11) is 3.52. The Morgan fingerprint density at radius 1 is 1.05 bits per heavy atom. The number of carbonyl (C=O) groups is 2. The fourth-order valence-corrected chi connectivity index (χ4v) is 6.72. The molecule has 228 valence electrons. The summed E-state index contributed by atoms with van der Waals surface area (Å²) >= 11 is 1.39. The van der Waals surface area contributed by atoms with Gasteiger partial charge in [-0.2, -0.15) is 0 Å². The lowest BCUT2D eigenvalue weighted by Crippen LogP contribution is -2.49. The van der Waals surface area contributed by atoms with E-state index in [9.17, 15) is 33.7 Å². The summed E-state index contributed by atoms with van der Waals surface area (Å²) in [6.07, 6.45) is 0.491. The Labute approximate surface area is 246 Å². The van der Waals surface area contributed by atoms with Crippen molar-refractivity contribution in [2.75, 3.05) is 53.6 Å². The predicted octanol–water partition coefficient (Wildman–Crippen LogP) is 2.21. The summed E-state index contributed by atoms with van der Waals surface area (Å²) < 4.78 is 40.5. The number of carboxylic acid groups (broad SMARTS) is 1. The van der Waals surface area contributed by atoms with E-state index in [1.54, 1.807) is 13.2 Å². The van der Waals surface area contributed by atoms with E-state index in [2.05, 4.69) is 4.98 Å². The van der Waals surface area contributed by atoms with Crippen molar-refractivity contribution in [3.8, 4) is 11.5 Å². The van der Waals surface area contributed by atoms with Crippen LogP contribution in [0.1, 0.15) is 35.4 Å². The van der Waals surface area contributed by atoms with E-state index in [0.29, 0.717) is 63.8 Å². The number of ketones is 1. The number of aryl methyl sites for hydroxylation is 1. The number of halogens is 2. The molecular formula is C30H36F2N2O7S. The number of carbonyl (C=O) groups excluding carboxylic acids is 2. The van der Waals surface area contributed by atoms with Gasteiger partial charge in [0.25, 0.3) is 0 Å². The molecule has 2 aromatic carbocycles. The number of Topliss-reactive ketones (excluding diaryl/α,β-unsaturated/α-hetero) is 1. The molecule has 1 heterocycles. The van der Waals surface area contributed by atoms with E-state index >= 15 is 0 Å². The molecule has 2 N–H and O–H groups in total. The van der Waals surface area contributed by atoms with Crippen molar-refractivity contribution in [1.29, 1.82) is 0 Å². The van der Waals surface area contributed by atoms with Crippen molar-refractivity contribution < 1.29 is 47.6 Å². The minimum Gasteiger partial charge on any atom is -0.550 e. The van der Waals surface area contributed by atoms with E-state index in [1.165, 1.54) is 11.3 Å². The highest BCUT2D eigenvalue weighted by atomic mass is 32.1. The molecule has 9 nitrogen and oxygen atoms in total. The van der Waals surface area contributed by atoms with Crippen LogP contribution in [0.5, 0.6) is 11.5 Å². The van der Waals surface area contributed by atoms with Crippen LogP contribution in [0.15, 0.2) is 24.3 Å². The van der Waals surface area contributed by atoms with Gasteiger partial charge in [-0.25, -0.2) is 13.8 Å². The average Bonchev–Trinajstić information content (AvgIpc) is 3.49. The monoisotopic (exact) mass is 606 g/mol. The summed E-state index contributed by atoms with van der Waals surface area (Å²) in [4.78, 5) is 29.6. The number of hydrogen-bond donors (Lipinski definition) is 2. The van der Waals surface area contributed by atoms with Gasteiger partial charge in [-0.1, -0.05) is 0 Å². The summed E-state index contributed by atoms with van der Waals surface area (Å²) in [5.74, 6) is -2.70. The number of carboxylic acids is 1. The highest BCUT2D eigenvalue weighted by Gasteiger charge is 2.43. The Morgan fingerprint density at radius 3 is 2.26 bits per heavy atom. The van der Waals surface area contributed by atoms with Gasteiger partial charge in [-0.15, -0.1) is 11.3 Å². The van der Waals surface area contributed by atoms with Crippen LogP contribution < -0.4 is 14.6 Å². The molecule has 1 aliphatic rings. The molecule has 4 rings (SSSR count). The van der Waals surface area contributed by atoms with E-state index in [1.807, 2.05) is 13.1 Å². The minimum absolute atomic E-state index is 0.0160. The normalized spacial score (nSPS) is 14.2. The molecule has 0 bridgehead atoms. The average molecular weight is 607 g/mol. The number of hydrogen-bond acceptors (Lipinski definition) is 9. The molecular weight excluding hydrogens is 570 g/mol. The van der Waals surface area contributed by atoms with Crippen LogP contribution in [0, 0.1) is 17.0 Å². The number of methoxy groups -OCH3 is 1. The molecule has 0 fully saturated rings. The van der Waals surface area contributed by atoms with Gasteiger partial charge in [-0.05, 0) is 36.1 Å². The fourth-order valence-electron chi connectivity index (χ4n) is 5.74. The lowest BCUT2D eigenvalue weighted by molar-refractivity contribution is -0.910. The Morgan fingerprint density at radius 2 is 1.69 bits per heavy atom. The van der Waals surface area contributed by atoms with Gasteiger partial charge in [0.15, 0.2) is 23.1 Å². The third kappa shape index (κ3) is 7.23. The van der Waals surface area contributed by atoms with Gasteiger partial charge >= 0.3 is 0 Å². The molecule has 0 saturated carbocycles. The maximum atomic E-state index is 13.8. The second kappa shape index (κ2) is 13.4. The minimum atomic E-state index is -1.39. The number of aliphatic hydroxyl groups is 2. The molecule has 1 aromatic heterocycles. The van der Waals surface area contributed by atoms with Crippen molar-refractivity contribution in [2.45, 2.75) is 38.5 Å². The van der Waals surface area contributed by atoms with Crippen molar-refractivity contribution in [3.63, 3.8) is 0 Å². The largest absolute Gasteiger partial charge is 0.550 e. The van der Waals surface area contributed by atoms with Gasteiger partial charge in [0.1, 0.15) is 18.9 Å². The lowest BCUT2D eigenvalue weighted by Gasteiger charge is -2.33. The van der Waals surface area contributed by atoms with Gasteiger partial charge in [0, 0.05) is 49.2 Å². The Bertz CT molecular complexity index is 1410. The number of aromatic nitrogens is 1. The first kappa shape index (κ1) is 31.7. The molecule has 0 amide bonds. The van der Waals surface area contributed by atoms with Crippen molar-refractivity contribution in [2.24, 2.45) is 5.41 Å². The van der Waals surface area contributed by atoms with Crippen LogP contribution in [0.3, 0.4) is 0 Å². The zero-order chi connectivity index (χ0) is 30.5. The van der Waals surface area contributed by atoms with Gasteiger partial charge < -0.3 is 34.1 Å². The lowest BCUT2D eigenvalue weighted by atomic mass is 9.76. The van der Waals surface area contributed by atoms with Crippen LogP contribution in [0.2, 0.25) is 0 Å². The van der Waals surface area contributed by atoms with E-state index < -0.39 is 29.4 Å². The van der Waals surface area contributed by atoms with Crippen LogP contribution in [0.25, 0.3) is 10.2 Å². The SMILES string of the molecule is COc1cc2sc(CCC(=O)C3(CC(=O)[O-])Cc4cc(F)c(F)cc4C3)nc2cc1OCCC[N+](C)(CCO)CCO. The van der Waals surface area contributed by atoms with E-state index in [0.717, 1.165) is 23.4 Å². The highest BCUT2D eigenvalue weighted by molar-refractivity contribution is 7.18. The number of benzene rings is 2. The van der Waals surface area contributed by atoms with Gasteiger partial charge in [0.2, 0.25) is 0 Å². The molecule has 0 spiro atoms. The summed E-state index contributed by atoms with van der Waals surface area (Å²) in [5.41, 5.74) is 0.232. The Balaban J connectivity index is 1.43. The number of rotatable bonds is 16. The molecule has 12 heteroatoms. The van der Waals surface area contributed by atoms with Crippen LogP contribution >= 0.6 is 11.3 Å². The van der Waals surface area contributed by atoms with Crippen LogP contribution in [0.4, 0.5) is 8.78 Å². The van der Waals surface area contributed by atoms with Gasteiger partial charge in [0.05, 0.1) is 55.7 Å². The number of fused-ring (bicyclic) bond motifs is 2. The number of thiazole rings is 1. The molecule has 0 radical (unpaired) electrons. The second-order valence-electron chi connectivity index (χ2n) is 11.2. The number of ether oxygens (including phenoxy) is 2. The molecule has 1 aliphatic carbocycles. The first-order valence-corrected chi connectivity index (χ1v) is 14.7. The number of aliphatic hydroxyl groups excluding tert-OH is 2. The standard InChI is InChI=1S/C30H36F2N2O7S/c1-34(7-9-35,8-10-36)6-3-11-41-25-14-23-26(15-24(25)40-2)42-28(33-23)5-4-27(37)30(18-29(38)39)16-19-12-21(31)22(32)13-20(19)17-30/h12-15,35-36H,3-11,16-18H2,1-2H3. The van der Waals surface area contributed by atoms with Crippen molar-refractivity contribution in [1.82, 2.24) is 4.98 Å². The first-order valence-electron chi connectivity index (χ1n) is 13.9. The molecule has 42 heavy (non-hydrogen) atoms. The smallest absolute Gasteiger partial charge is 0.163 e. The first-order chi connectivity index (χ1) is 20.0. The fraction of sp³-hybridized carbons (Fsp3) is 0.500. The van der Waals surface area contributed by atoms with Gasteiger partial charge in [-0.3, -0.25) is 4.79 Å². The topological polar surface area (TPSA) is 129 Å². The van der Waals surface area contributed by atoms with Crippen LogP contribution in [-0.2, 0) is 28.9 Å². The molecule has 0 atom stereocenters. The summed E-state index contributed by atoms with van der Waals surface area (Å²) in [6.45, 7) is 2.26. The van der Waals surface area contributed by atoms with E-state index in [4.69, 9.17) is 9.47 Å². The molecule has 0 saturated heterocycles. The van der Waals surface area contributed by atoms with Crippen molar-refractivity contribution in [3.05, 3.63) is 52.0 Å². The quantitative estimate of drug-likeness (QED) is 0.188. The summed E-state index contributed by atoms with van der Waals surface area (Å²) in [6, 6.07) is 5.68. The maximum absolute atomic E-state index is 13.8. The van der Waals surface area contributed by atoms with Crippen LogP contribution in [-0.4, -0.2) is 85.0 Å². The third-order valence-electron chi connectivity index (χ3n) is 8.04. The maximum Gasteiger partial charge on any atom is 0.163 e. The zero-order valence-corrected chi connectivity index (χ0v) is 24.6. The summed E-state index contributed by atoms with van der Waals surface area (Å²) in [5, 5.41) is 30.9. The van der Waals surface area contributed by atoms with Crippen molar-refractivity contribution >= 4 is 33.3 Å². The second-order valence-corrected chi connectivity index (χ2v) is 12.3. The third-order valence-corrected chi connectivity index (χ3v) is 9.12. The number of quaternary nitrogens is 1.